The van der Waals surface area contributed by atoms with Crippen LogP contribution in [-0.2, 0) is 0 Å². The van der Waals surface area contributed by atoms with Crippen molar-refractivity contribution in [2.45, 2.75) is 18.9 Å². The van der Waals surface area contributed by atoms with E-state index < -0.39 is 5.54 Å². The molecule has 1 aliphatic heterocycles. The van der Waals surface area contributed by atoms with Crippen molar-refractivity contribution in [1.29, 1.82) is 5.26 Å². The summed E-state index contributed by atoms with van der Waals surface area (Å²) in [6, 6.07) is 2.14. The minimum Gasteiger partial charge on any atom is -0.313 e. The van der Waals surface area contributed by atoms with Crippen LogP contribution in [0.25, 0.3) is 0 Å². The van der Waals surface area contributed by atoms with E-state index in [0.29, 0.717) is 6.54 Å². The fraction of sp³-hybridized carbons (Fsp3) is 0.900. The van der Waals surface area contributed by atoms with E-state index in [-0.39, 0.29) is 0 Å². The van der Waals surface area contributed by atoms with E-state index in [2.05, 4.69) is 22.9 Å². The van der Waals surface area contributed by atoms with Gasteiger partial charge in [-0.15, -0.1) is 0 Å². The van der Waals surface area contributed by atoms with Gasteiger partial charge in [-0.2, -0.15) is 5.26 Å². The van der Waals surface area contributed by atoms with Gasteiger partial charge in [0.2, 0.25) is 0 Å². The Kier molecular flexibility index (Phi) is 3.87. The van der Waals surface area contributed by atoms with Gasteiger partial charge in [0.15, 0.2) is 0 Å². The molecule has 1 unspecified atom stereocenters. The minimum atomic E-state index is -0.705. The molecule has 1 heterocycles. The number of rotatable bonds is 2. The van der Waals surface area contributed by atoms with Gasteiger partial charge in [-0.25, -0.2) is 0 Å². The molecule has 2 N–H and O–H groups in total. The molecular weight excluding hydrogens is 176 g/mol. The molecule has 0 aromatic heterocycles. The van der Waals surface area contributed by atoms with Crippen LogP contribution in [0.5, 0.6) is 0 Å². The van der Waals surface area contributed by atoms with E-state index in [9.17, 15) is 0 Å². The lowest BCUT2D eigenvalue weighted by Crippen LogP contribution is -2.47. The molecule has 0 aliphatic carbocycles. The van der Waals surface area contributed by atoms with Crippen LogP contribution < -0.4 is 5.73 Å². The predicted molar refractivity (Wildman–Crippen MR) is 56.8 cm³/mol. The molecule has 1 atom stereocenters. The number of likely N-dealkylation sites (N-methyl/N-ethyl adjacent to an activating group) is 1. The first-order valence-electron chi connectivity index (χ1n) is 5.14. The van der Waals surface area contributed by atoms with Gasteiger partial charge in [0.05, 0.1) is 6.07 Å². The summed E-state index contributed by atoms with van der Waals surface area (Å²) in [6.07, 6.45) is 1.16. The van der Waals surface area contributed by atoms with E-state index in [0.717, 1.165) is 32.6 Å². The molecule has 1 aliphatic rings. The zero-order valence-electron chi connectivity index (χ0n) is 9.16. The standard InChI is InChI=1S/C10H20N4/c1-10(12,8-11)9-14-5-3-4-13(2)6-7-14/h3-7,9,12H2,1-2H3. The van der Waals surface area contributed by atoms with Crippen LogP contribution in [0.1, 0.15) is 13.3 Å². The average Bonchev–Trinajstić information content (AvgIpc) is 2.31. The molecule has 4 nitrogen and oxygen atoms in total. The van der Waals surface area contributed by atoms with Crippen LogP contribution in [-0.4, -0.2) is 55.1 Å². The Hall–Kier alpha value is -0.630. The van der Waals surface area contributed by atoms with E-state index in [1.807, 2.05) is 0 Å². The van der Waals surface area contributed by atoms with Crippen molar-refractivity contribution in [2.24, 2.45) is 5.73 Å². The number of hydrogen-bond acceptors (Lipinski definition) is 4. The monoisotopic (exact) mass is 196 g/mol. The van der Waals surface area contributed by atoms with Gasteiger partial charge >= 0.3 is 0 Å². The second-order valence-electron chi connectivity index (χ2n) is 4.46. The Morgan fingerprint density at radius 2 is 2.07 bits per heavy atom. The molecule has 14 heavy (non-hydrogen) atoms. The average molecular weight is 196 g/mol. The van der Waals surface area contributed by atoms with Crippen molar-refractivity contribution >= 4 is 0 Å². The summed E-state index contributed by atoms with van der Waals surface area (Å²) in [5.74, 6) is 0. The number of hydrogen-bond donors (Lipinski definition) is 1. The molecule has 1 fully saturated rings. The second kappa shape index (κ2) is 4.74. The molecule has 4 heteroatoms. The number of nitrogens with zero attached hydrogens (tertiary/aromatic N) is 3. The van der Waals surface area contributed by atoms with Crippen molar-refractivity contribution in [3.05, 3.63) is 0 Å². The maximum absolute atomic E-state index is 8.83. The zero-order valence-corrected chi connectivity index (χ0v) is 9.16. The maximum atomic E-state index is 8.83. The molecule has 1 saturated heterocycles. The Bertz CT molecular complexity index is 219. The third kappa shape index (κ3) is 3.62. The first-order valence-corrected chi connectivity index (χ1v) is 5.14. The first-order chi connectivity index (χ1) is 6.53. The van der Waals surface area contributed by atoms with Gasteiger partial charge in [-0.1, -0.05) is 0 Å². The molecular formula is C10H20N4. The van der Waals surface area contributed by atoms with Crippen molar-refractivity contribution in [3.63, 3.8) is 0 Å². The van der Waals surface area contributed by atoms with Gasteiger partial charge in [0.25, 0.3) is 0 Å². The molecule has 0 saturated carbocycles. The summed E-state index contributed by atoms with van der Waals surface area (Å²) in [7, 11) is 2.13. The quantitative estimate of drug-likeness (QED) is 0.668. The van der Waals surface area contributed by atoms with Crippen LogP contribution in [0.3, 0.4) is 0 Å². The fourth-order valence-corrected chi connectivity index (χ4v) is 1.76. The second-order valence-corrected chi connectivity index (χ2v) is 4.46. The molecule has 0 aromatic rings. The molecule has 0 spiro atoms. The molecule has 0 amide bonds. The van der Waals surface area contributed by atoms with Crippen LogP contribution in [0, 0.1) is 11.3 Å². The first kappa shape index (κ1) is 11.4. The minimum absolute atomic E-state index is 0.678. The van der Waals surface area contributed by atoms with Crippen molar-refractivity contribution in [2.75, 3.05) is 39.8 Å². The number of nitriles is 1. The highest BCUT2D eigenvalue weighted by molar-refractivity contribution is 5.03. The van der Waals surface area contributed by atoms with E-state index in [4.69, 9.17) is 11.0 Å². The smallest absolute Gasteiger partial charge is 0.114 e. The van der Waals surface area contributed by atoms with Gasteiger partial charge in [0.1, 0.15) is 5.54 Å². The zero-order chi connectivity index (χ0) is 10.6. The highest BCUT2D eigenvalue weighted by Crippen LogP contribution is 2.06. The highest BCUT2D eigenvalue weighted by Gasteiger charge is 2.22. The molecule has 1 rings (SSSR count). The van der Waals surface area contributed by atoms with Gasteiger partial charge < -0.3 is 10.6 Å². The molecule has 0 bridgehead atoms. The summed E-state index contributed by atoms with van der Waals surface area (Å²) in [5, 5.41) is 8.83. The predicted octanol–water partition coefficient (Wildman–Crippen LogP) is -0.135. The van der Waals surface area contributed by atoms with Crippen molar-refractivity contribution in [3.8, 4) is 6.07 Å². The van der Waals surface area contributed by atoms with Crippen LogP contribution in [0.4, 0.5) is 0 Å². The Balaban J connectivity index is 2.42. The Morgan fingerprint density at radius 3 is 2.71 bits per heavy atom. The molecule has 80 valence electrons. The summed E-state index contributed by atoms with van der Waals surface area (Å²) in [6.45, 7) is 6.76. The summed E-state index contributed by atoms with van der Waals surface area (Å²) >= 11 is 0. The summed E-state index contributed by atoms with van der Waals surface area (Å²) in [5.41, 5.74) is 5.11. The topological polar surface area (TPSA) is 56.3 Å². The van der Waals surface area contributed by atoms with E-state index in [1.165, 1.54) is 0 Å². The Morgan fingerprint density at radius 1 is 1.36 bits per heavy atom. The van der Waals surface area contributed by atoms with Gasteiger partial charge in [0, 0.05) is 19.6 Å². The lowest BCUT2D eigenvalue weighted by atomic mass is 10.1. The van der Waals surface area contributed by atoms with Gasteiger partial charge in [-0.3, -0.25) is 4.90 Å². The lowest BCUT2D eigenvalue weighted by molar-refractivity contribution is 0.245. The maximum Gasteiger partial charge on any atom is 0.114 e. The van der Waals surface area contributed by atoms with Crippen molar-refractivity contribution in [1.82, 2.24) is 9.80 Å². The van der Waals surface area contributed by atoms with Gasteiger partial charge in [-0.05, 0) is 33.5 Å². The third-order valence-corrected chi connectivity index (χ3v) is 2.62. The van der Waals surface area contributed by atoms with Crippen LogP contribution >= 0.6 is 0 Å². The normalized spacial score (nSPS) is 25.0. The van der Waals surface area contributed by atoms with Crippen molar-refractivity contribution < 1.29 is 0 Å². The summed E-state index contributed by atoms with van der Waals surface area (Å²) in [4.78, 5) is 4.60. The Labute approximate surface area is 86.3 Å². The summed E-state index contributed by atoms with van der Waals surface area (Å²) < 4.78 is 0. The highest BCUT2D eigenvalue weighted by atomic mass is 15.2. The fourth-order valence-electron chi connectivity index (χ4n) is 1.76. The molecule has 0 radical (unpaired) electrons. The number of nitrogens with two attached hydrogens (primary N) is 1. The largest absolute Gasteiger partial charge is 0.313 e. The lowest BCUT2D eigenvalue weighted by Gasteiger charge is -2.26. The van der Waals surface area contributed by atoms with E-state index >= 15 is 0 Å². The third-order valence-electron chi connectivity index (χ3n) is 2.62. The molecule has 0 aromatic carbocycles. The van der Waals surface area contributed by atoms with Crippen LogP contribution in [0.2, 0.25) is 0 Å². The van der Waals surface area contributed by atoms with E-state index in [1.54, 1.807) is 6.92 Å². The van der Waals surface area contributed by atoms with Crippen LogP contribution in [0.15, 0.2) is 0 Å². The SMILES string of the molecule is CN1CCCN(CC(C)(N)C#N)CC1.